The highest BCUT2D eigenvalue weighted by Crippen LogP contribution is 2.13. The molecule has 2 unspecified atom stereocenters. The Morgan fingerprint density at radius 3 is 2.78 bits per heavy atom. The molecule has 0 aromatic rings. The number of hydrogen-bond donors (Lipinski definition) is 2. The smallest absolute Gasteiger partial charge is 0.00681 e. The fraction of sp³-hybridized carbons (Fsp3) is 1.00. The summed E-state index contributed by atoms with van der Waals surface area (Å²) in [4.78, 5) is 0. The van der Waals surface area contributed by atoms with Gasteiger partial charge in [0.1, 0.15) is 0 Å². The Bertz CT molecular complexity index is 73.0. The van der Waals surface area contributed by atoms with Crippen molar-refractivity contribution in [3.8, 4) is 0 Å². The molecule has 0 aromatic heterocycles. The Morgan fingerprint density at radius 1 is 1.67 bits per heavy atom. The summed E-state index contributed by atoms with van der Waals surface area (Å²) in [6.45, 7) is 4.20. The molecule has 2 heteroatoms. The lowest BCUT2D eigenvalue weighted by atomic mass is 10.1. The van der Waals surface area contributed by atoms with Crippen molar-refractivity contribution in [3.63, 3.8) is 0 Å². The zero-order chi connectivity index (χ0) is 6.69. The van der Waals surface area contributed by atoms with Gasteiger partial charge in [-0.25, -0.2) is 0 Å². The highest BCUT2D eigenvalue weighted by Gasteiger charge is 2.20. The minimum Gasteiger partial charge on any atom is -0.330 e. The molecule has 1 aliphatic heterocycles. The first-order valence-electron chi connectivity index (χ1n) is 3.80. The molecule has 0 aliphatic carbocycles. The highest BCUT2D eigenvalue weighted by molar-refractivity contribution is 4.80. The molecule has 1 heterocycles. The van der Waals surface area contributed by atoms with Crippen molar-refractivity contribution in [2.24, 2.45) is 11.7 Å². The summed E-state index contributed by atoms with van der Waals surface area (Å²) in [6.07, 6.45) is 2.53. The van der Waals surface area contributed by atoms with Crippen molar-refractivity contribution >= 4 is 0 Å². The molecule has 0 radical (unpaired) electrons. The molecule has 0 saturated carbocycles. The van der Waals surface area contributed by atoms with Gasteiger partial charge < -0.3 is 11.1 Å². The molecule has 2 nitrogen and oxygen atoms in total. The molecule has 2 atom stereocenters. The van der Waals surface area contributed by atoms with Gasteiger partial charge in [-0.1, -0.05) is 6.92 Å². The summed E-state index contributed by atoms with van der Waals surface area (Å²) in [7, 11) is 0. The van der Waals surface area contributed by atoms with E-state index in [1.807, 2.05) is 0 Å². The summed E-state index contributed by atoms with van der Waals surface area (Å²) in [5.74, 6) is 0.745. The van der Waals surface area contributed by atoms with Gasteiger partial charge in [-0.3, -0.25) is 0 Å². The number of rotatable bonds is 2. The van der Waals surface area contributed by atoms with Crippen LogP contribution in [0.4, 0.5) is 0 Å². The van der Waals surface area contributed by atoms with Gasteiger partial charge in [-0.15, -0.1) is 0 Å². The van der Waals surface area contributed by atoms with E-state index in [9.17, 15) is 0 Å². The molecule has 0 aromatic carbocycles. The lowest BCUT2D eigenvalue weighted by Gasteiger charge is -2.04. The molecule has 1 saturated heterocycles. The predicted octanol–water partition coefficient (Wildman–Crippen LogP) is 0.333. The fourth-order valence-electron chi connectivity index (χ4n) is 1.39. The highest BCUT2D eigenvalue weighted by atomic mass is 14.9. The maximum absolute atomic E-state index is 5.51. The van der Waals surface area contributed by atoms with Crippen LogP contribution in [0.25, 0.3) is 0 Å². The zero-order valence-electron chi connectivity index (χ0n) is 6.06. The Hall–Kier alpha value is -0.0800. The first kappa shape index (κ1) is 7.03. The molecule has 1 fully saturated rings. The largest absolute Gasteiger partial charge is 0.330 e. The zero-order valence-corrected chi connectivity index (χ0v) is 6.06. The Kier molecular flexibility index (Phi) is 2.49. The molecule has 0 spiro atoms. The minimum atomic E-state index is 0.745. The summed E-state index contributed by atoms with van der Waals surface area (Å²) in [5, 5.41) is 3.43. The molecular weight excluding hydrogens is 112 g/mol. The van der Waals surface area contributed by atoms with Crippen LogP contribution in [0.5, 0.6) is 0 Å². The molecule has 0 amide bonds. The van der Waals surface area contributed by atoms with E-state index >= 15 is 0 Å². The Balaban J connectivity index is 2.20. The van der Waals surface area contributed by atoms with E-state index in [-0.39, 0.29) is 0 Å². The molecule has 1 aliphatic rings. The van der Waals surface area contributed by atoms with E-state index in [2.05, 4.69) is 12.2 Å². The van der Waals surface area contributed by atoms with Crippen molar-refractivity contribution in [1.29, 1.82) is 0 Å². The van der Waals surface area contributed by atoms with Crippen LogP contribution in [-0.4, -0.2) is 19.1 Å². The van der Waals surface area contributed by atoms with Gasteiger partial charge in [0.15, 0.2) is 0 Å². The topological polar surface area (TPSA) is 38.0 Å². The Morgan fingerprint density at radius 2 is 2.44 bits per heavy atom. The molecule has 3 N–H and O–H groups in total. The molecular formula is C7H16N2. The average molecular weight is 128 g/mol. The third kappa shape index (κ3) is 1.66. The van der Waals surface area contributed by atoms with Crippen LogP contribution in [0.1, 0.15) is 19.8 Å². The predicted molar refractivity (Wildman–Crippen MR) is 39.2 cm³/mol. The van der Waals surface area contributed by atoms with E-state index < -0.39 is 0 Å². The normalized spacial score (nSPS) is 35.3. The monoisotopic (exact) mass is 128 g/mol. The van der Waals surface area contributed by atoms with Crippen LogP contribution in [-0.2, 0) is 0 Å². The first-order chi connectivity index (χ1) is 4.36. The summed E-state index contributed by atoms with van der Waals surface area (Å²) >= 11 is 0. The van der Waals surface area contributed by atoms with Gasteiger partial charge in [0, 0.05) is 6.04 Å². The van der Waals surface area contributed by atoms with Crippen molar-refractivity contribution in [2.45, 2.75) is 25.8 Å². The first-order valence-corrected chi connectivity index (χ1v) is 3.80. The van der Waals surface area contributed by atoms with Crippen LogP contribution >= 0.6 is 0 Å². The van der Waals surface area contributed by atoms with Gasteiger partial charge in [-0.05, 0) is 31.8 Å². The van der Waals surface area contributed by atoms with Crippen molar-refractivity contribution < 1.29 is 0 Å². The lowest BCUT2D eigenvalue weighted by molar-refractivity contribution is 0.550. The van der Waals surface area contributed by atoms with E-state index in [1.54, 1.807) is 0 Å². The average Bonchev–Trinajstić information content (AvgIpc) is 2.34. The maximum Gasteiger partial charge on any atom is 0.00681 e. The van der Waals surface area contributed by atoms with Crippen molar-refractivity contribution in [1.82, 2.24) is 5.32 Å². The van der Waals surface area contributed by atoms with Crippen LogP contribution in [0.3, 0.4) is 0 Å². The van der Waals surface area contributed by atoms with Crippen molar-refractivity contribution in [3.05, 3.63) is 0 Å². The summed E-state index contributed by atoms with van der Waals surface area (Å²) < 4.78 is 0. The quantitative estimate of drug-likeness (QED) is 0.562. The van der Waals surface area contributed by atoms with Gasteiger partial charge >= 0.3 is 0 Å². The SMILES string of the molecule is CCC1CC(CN)CN1. The second-order valence-electron chi connectivity index (χ2n) is 2.85. The van der Waals surface area contributed by atoms with Crippen LogP contribution in [0.15, 0.2) is 0 Å². The van der Waals surface area contributed by atoms with E-state index in [4.69, 9.17) is 5.73 Å². The molecule has 54 valence electrons. The Labute approximate surface area is 56.8 Å². The summed E-state index contributed by atoms with van der Waals surface area (Å²) in [5.41, 5.74) is 5.51. The van der Waals surface area contributed by atoms with E-state index in [1.165, 1.54) is 12.8 Å². The van der Waals surface area contributed by atoms with Crippen LogP contribution in [0, 0.1) is 5.92 Å². The third-order valence-corrected chi connectivity index (χ3v) is 2.14. The van der Waals surface area contributed by atoms with Crippen LogP contribution in [0.2, 0.25) is 0 Å². The van der Waals surface area contributed by atoms with Gasteiger partial charge in [-0.2, -0.15) is 0 Å². The minimum absolute atomic E-state index is 0.745. The van der Waals surface area contributed by atoms with E-state index in [0.29, 0.717) is 0 Å². The van der Waals surface area contributed by atoms with Gasteiger partial charge in [0.2, 0.25) is 0 Å². The van der Waals surface area contributed by atoms with E-state index in [0.717, 1.165) is 25.0 Å². The maximum atomic E-state index is 5.51. The van der Waals surface area contributed by atoms with Gasteiger partial charge in [0.05, 0.1) is 0 Å². The molecule has 9 heavy (non-hydrogen) atoms. The fourth-order valence-corrected chi connectivity index (χ4v) is 1.39. The van der Waals surface area contributed by atoms with Crippen molar-refractivity contribution in [2.75, 3.05) is 13.1 Å². The summed E-state index contributed by atoms with van der Waals surface area (Å²) in [6, 6.07) is 0.749. The second-order valence-corrected chi connectivity index (χ2v) is 2.85. The number of nitrogens with one attached hydrogen (secondary N) is 1. The standard InChI is InChI=1S/C7H16N2/c1-2-7-3-6(4-8)5-9-7/h6-7,9H,2-5,8H2,1H3. The number of hydrogen-bond acceptors (Lipinski definition) is 2. The lowest BCUT2D eigenvalue weighted by Crippen LogP contribution is -2.20. The molecule has 1 rings (SSSR count). The second kappa shape index (κ2) is 3.18. The van der Waals surface area contributed by atoms with Crippen LogP contribution < -0.4 is 11.1 Å². The molecule has 0 bridgehead atoms. The third-order valence-electron chi connectivity index (χ3n) is 2.14. The van der Waals surface area contributed by atoms with Gasteiger partial charge in [0.25, 0.3) is 0 Å². The number of nitrogens with two attached hydrogens (primary N) is 1.